The molecule has 18 heavy (non-hydrogen) atoms. The molecule has 0 saturated carbocycles. The number of carbonyl (C=O) groups is 1. The molecule has 92 valence electrons. The fourth-order valence-electron chi connectivity index (χ4n) is 1.47. The first-order valence-electron chi connectivity index (χ1n) is 5.60. The lowest BCUT2D eigenvalue weighted by Crippen LogP contribution is -2.37. The first-order valence-corrected chi connectivity index (χ1v) is 5.60. The number of likely N-dealkylation sites (N-methyl/N-ethyl adjacent to an activating group) is 1. The van der Waals surface area contributed by atoms with Crippen LogP contribution in [-0.4, -0.2) is 18.5 Å². The Balaban J connectivity index is 2.84. The van der Waals surface area contributed by atoms with E-state index in [1.165, 1.54) is 0 Å². The van der Waals surface area contributed by atoms with Crippen LogP contribution in [-0.2, 0) is 4.79 Å². The van der Waals surface area contributed by atoms with E-state index in [0.717, 1.165) is 0 Å². The number of anilines is 1. The largest absolute Gasteiger partial charge is 0.374 e. The summed E-state index contributed by atoms with van der Waals surface area (Å²) in [6.45, 7) is 4.15. The molecule has 1 aromatic carbocycles. The SMILES string of the molecule is CCNC(=O)C(C)Nc1ccc(C#N)c(C#N)c1. The highest BCUT2D eigenvalue weighted by Crippen LogP contribution is 2.15. The molecule has 0 radical (unpaired) electrons. The van der Waals surface area contributed by atoms with Gasteiger partial charge < -0.3 is 10.6 Å². The molecule has 2 N–H and O–H groups in total. The molecular formula is C13H14N4O. The summed E-state index contributed by atoms with van der Waals surface area (Å²) in [6, 6.07) is 8.29. The fourth-order valence-corrected chi connectivity index (χ4v) is 1.47. The van der Waals surface area contributed by atoms with Crippen molar-refractivity contribution >= 4 is 11.6 Å². The minimum absolute atomic E-state index is 0.111. The van der Waals surface area contributed by atoms with E-state index in [0.29, 0.717) is 23.4 Å². The number of nitrogens with zero attached hydrogens (tertiary/aromatic N) is 2. The summed E-state index contributed by atoms with van der Waals surface area (Å²) in [4.78, 5) is 11.5. The zero-order valence-electron chi connectivity index (χ0n) is 10.3. The average Bonchev–Trinajstić information content (AvgIpc) is 2.38. The number of benzene rings is 1. The van der Waals surface area contributed by atoms with Gasteiger partial charge in [-0.3, -0.25) is 4.79 Å². The summed E-state index contributed by atoms with van der Waals surface area (Å²) in [6.07, 6.45) is 0. The molecule has 0 aliphatic carbocycles. The Hall–Kier alpha value is -2.53. The van der Waals surface area contributed by atoms with Crippen LogP contribution in [0.1, 0.15) is 25.0 Å². The second kappa shape index (κ2) is 6.27. The summed E-state index contributed by atoms with van der Waals surface area (Å²) in [5, 5.41) is 23.4. The molecule has 1 atom stereocenters. The minimum Gasteiger partial charge on any atom is -0.374 e. The molecule has 1 aromatic rings. The molecule has 0 spiro atoms. The van der Waals surface area contributed by atoms with Crippen LogP contribution in [0, 0.1) is 22.7 Å². The number of hydrogen-bond acceptors (Lipinski definition) is 4. The minimum atomic E-state index is -0.399. The van der Waals surface area contributed by atoms with Crippen LogP contribution in [0.3, 0.4) is 0 Å². The first-order chi connectivity index (χ1) is 8.62. The maximum atomic E-state index is 11.5. The summed E-state index contributed by atoms with van der Waals surface area (Å²) in [5.74, 6) is -0.111. The second-order valence-electron chi connectivity index (χ2n) is 3.74. The maximum Gasteiger partial charge on any atom is 0.242 e. The normalized spacial score (nSPS) is 10.9. The molecule has 0 saturated heterocycles. The summed E-state index contributed by atoms with van der Waals surface area (Å²) < 4.78 is 0. The number of hydrogen-bond donors (Lipinski definition) is 2. The van der Waals surface area contributed by atoms with Crippen molar-refractivity contribution in [3.63, 3.8) is 0 Å². The summed E-state index contributed by atoms with van der Waals surface area (Å²) >= 11 is 0. The lowest BCUT2D eigenvalue weighted by molar-refractivity contribution is -0.121. The van der Waals surface area contributed by atoms with Crippen molar-refractivity contribution in [1.82, 2.24) is 5.32 Å². The molecule has 1 unspecified atom stereocenters. The monoisotopic (exact) mass is 242 g/mol. The molecule has 0 aliphatic heterocycles. The van der Waals surface area contributed by atoms with Gasteiger partial charge in [0.1, 0.15) is 18.2 Å². The van der Waals surface area contributed by atoms with E-state index in [-0.39, 0.29) is 5.91 Å². The highest BCUT2D eigenvalue weighted by Gasteiger charge is 2.12. The van der Waals surface area contributed by atoms with Crippen LogP contribution in [0.5, 0.6) is 0 Å². The van der Waals surface area contributed by atoms with Crippen LogP contribution < -0.4 is 10.6 Å². The third-order valence-corrected chi connectivity index (χ3v) is 2.39. The highest BCUT2D eigenvalue weighted by atomic mass is 16.2. The van der Waals surface area contributed by atoms with Crippen LogP contribution >= 0.6 is 0 Å². The van der Waals surface area contributed by atoms with Gasteiger partial charge in [-0.25, -0.2) is 0 Å². The molecule has 0 fully saturated rings. The lowest BCUT2D eigenvalue weighted by Gasteiger charge is -2.14. The van der Waals surface area contributed by atoms with Gasteiger partial charge in [-0.2, -0.15) is 10.5 Å². The zero-order chi connectivity index (χ0) is 13.5. The van der Waals surface area contributed by atoms with E-state index in [1.807, 2.05) is 19.1 Å². The van der Waals surface area contributed by atoms with E-state index in [2.05, 4.69) is 10.6 Å². The van der Waals surface area contributed by atoms with Crippen LogP contribution in [0.25, 0.3) is 0 Å². The van der Waals surface area contributed by atoms with Gasteiger partial charge in [-0.15, -0.1) is 0 Å². The lowest BCUT2D eigenvalue weighted by atomic mass is 10.1. The van der Waals surface area contributed by atoms with E-state index in [1.54, 1.807) is 25.1 Å². The number of carbonyl (C=O) groups excluding carboxylic acids is 1. The predicted octanol–water partition coefficient (Wildman–Crippen LogP) is 1.37. The van der Waals surface area contributed by atoms with E-state index in [4.69, 9.17) is 10.5 Å². The topological polar surface area (TPSA) is 88.7 Å². The quantitative estimate of drug-likeness (QED) is 0.834. The molecule has 0 aliphatic rings. The van der Waals surface area contributed by atoms with Crippen molar-refractivity contribution in [2.75, 3.05) is 11.9 Å². The Morgan fingerprint density at radius 2 is 2.00 bits per heavy atom. The van der Waals surface area contributed by atoms with Crippen molar-refractivity contribution in [2.45, 2.75) is 19.9 Å². The number of nitrogens with one attached hydrogen (secondary N) is 2. The van der Waals surface area contributed by atoms with Crippen molar-refractivity contribution in [1.29, 1.82) is 10.5 Å². The molecular weight excluding hydrogens is 228 g/mol. The smallest absolute Gasteiger partial charge is 0.242 e. The third-order valence-electron chi connectivity index (χ3n) is 2.39. The van der Waals surface area contributed by atoms with Gasteiger partial charge in [-0.1, -0.05) is 0 Å². The van der Waals surface area contributed by atoms with Gasteiger partial charge in [0.25, 0.3) is 0 Å². The molecule has 0 bridgehead atoms. The molecule has 1 rings (SSSR count). The Morgan fingerprint density at radius 3 is 2.56 bits per heavy atom. The average molecular weight is 242 g/mol. The van der Waals surface area contributed by atoms with Gasteiger partial charge in [0.2, 0.25) is 5.91 Å². The van der Waals surface area contributed by atoms with E-state index < -0.39 is 6.04 Å². The second-order valence-corrected chi connectivity index (χ2v) is 3.74. The van der Waals surface area contributed by atoms with Gasteiger partial charge in [0.05, 0.1) is 11.1 Å². The Morgan fingerprint density at radius 1 is 1.33 bits per heavy atom. The highest BCUT2D eigenvalue weighted by molar-refractivity contribution is 5.84. The number of amides is 1. The molecule has 0 aromatic heterocycles. The first kappa shape index (κ1) is 13.5. The Kier molecular flexibility index (Phi) is 4.71. The number of nitriles is 2. The van der Waals surface area contributed by atoms with Crippen molar-refractivity contribution in [3.8, 4) is 12.1 Å². The number of rotatable bonds is 4. The standard InChI is InChI=1S/C13H14N4O/c1-3-16-13(18)9(2)17-12-5-4-10(7-14)11(6-12)8-15/h4-6,9,17H,3H2,1-2H3,(H,16,18). The van der Waals surface area contributed by atoms with Crippen LogP contribution in [0.15, 0.2) is 18.2 Å². The summed E-state index contributed by atoms with van der Waals surface area (Å²) in [7, 11) is 0. The zero-order valence-corrected chi connectivity index (χ0v) is 10.3. The molecule has 5 nitrogen and oxygen atoms in total. The van der Waals surface area contributed by atoms with E-state index in [9.17, 15) is 4.79 Å². The molecule has 5 heteroatoms. The van der Waals surface area contributed by atoms with Gasteiger partial charge in [-0.05, 0) is 32.0 Å². The summed E-state index contributed by atoms with van der Waals surface area (Å²) in [5.41, 5.74) is 1.27. The van der Waals surface area contributed by atoms with Gasteiger partial charge in [0.15, 0.2) is 0 Å². The van der Waals surface area contributed by atoms with Crippen LogP contribution in [0.2, 0.25) is 0 Å². The van der Waals surface area contributed by atoms with Crippen molar-refractivity contribution in [3.05, 3.63) is 29.3 Å². The maximum absolute atomic E-state index is 11.5. The molecule has 1 amide bonds. The Labute approximate surface area is 106 Å². The van der Waals surface area contributed by atoms with Crippen molar-refractivity contribution < 1.29 is 4.79 Å². The fraction of sp³-hybridized carbons (Fsp3) is 0.308. The third kappa shape index (κ3) is 3.23. The molecule has 0 heterocycles. The Bertz CT molecular complexity index is 525. The van der Waals surface area contributed by atoms with Gasteiger partial charge in [0, 0.05) is 12.2 Å². The van der Waals surface area contributed by atoms with E-state index >= 15 is 0 Å². The van der Waals surface area contributed by atoms with Gasteiger partial charge >= 0.3 is 0 Å². The van der Waals surface area contributed by atoms with Crippen LogP contribution in [0.4, 0.5) is 5.69 Å². The predicted molar refractivity (Wildman–Crippen MR) is 67.6 cm³/mol. The van der Waals surface area contributed by atoms with Crippen molar-refractivity contribution in [2.24, 2.45) is 0 Å².